The number of aromatic hydroxyl groups is 4. The van der Waals surface area contributed by atoms with Gasteiger partial charge in [0.2, 0.25) is 0 Å². The zero-order chi connectivity index (χ0) is 23.1. The van der Waals surface area contributed by atoms with E-state index >= 15 is 0 Å². The van der Waals surface area contributed by atoms with Gasteiger partial charge in [0.25, 0.3) is 0 Å². The zero-order valence-corrected chi connectivity index (χ0v) is 17.1. The molecular weight excluding hydrogens is 420 g/mol. The minimum Gasteiger partial charge on any atom is -0.509 e. The summed E-state index contributed by atoms with van der Waals surface area (Å²) in [5.74, 6) is -2.16. The van der Waals surface area contributed by atoms with Crippen LogP contribution in [0.25, 0.3) is 28.4 Å². The van der Waals surface area contributed by atoms with E-state index in [4.69, 9.17) is 9.15 Å². The first-order valence-corrected chi connectivity index (χ1v) is 9.89. The van der Waals surface area contributed by atoms with E-state index in [2.05, 4.69) is 0 Å². The van der Waals surface area contributed by atoms with Crippen molar-refractivity contribution in [1.82, 2.24) is 0 Å². The molecule has 0 bridgehead atoms. The van der Waals surface area contributed by atoms with E-state index in [1.807, 2.05) is 0 Å². The first-order valence-electron chi connectivity index (χ1n) is 9.89. The molecule has 0 fully saturated rings. The number of hydrogen-bond donors (Lipinski definition) is 6. The fourth-order valence-corrected chi connectivity index (χ4v) is 4.34. The number of phenolic OH excluding ortho intramolecular Hbond substituents is 4. The van der Waals surface area contributed by atoms with Gasteiger partial charge in [-0.1, -0.05) is 0 Å². The minimum atomic E-state index is -1.65. The van der Waals surface area contributed by atoms with Crippen LogP contribution in [0.2, 0.25) is 0 Å². The highest BCUT2D eigenvalue weighted by Crippen LogP contribution is 2.55. The maximum atomic E-state index is 13.4. The van der Waals surface area contributed by atoms with E-state index in [0.29, 0.717) is 5.56 Å². The first-order chi connectivity index (χ1) is 15.0. The summed E-state index contributed by atoms with van der Waals surface area (Å²) in [5.41, 5.74) is -1.68. The molecule has 2 heterocycles. The second-order valence-electron chi connectivity index (χ2n) is 8.60. The van der Waals surface area contributed by atoms with Crippen LogP contribution >= 0.6 is 0 Å². The molecule has 6 N–H and O–H groups in total. The average molecular weight is 440 g/mol. The van der Waals surface area contributed by atoms with Gasteiger partial charge in [0.05, 0.1) is 17.7 Å². The number of ether oxygens (including phenoxy) is 1. The molecule has 9 heteroatoms. The molecule has 166 valence electrons. The van der Waals surface area contributed by atoms with E-state index in [0.717, 1.165) is 18.2 Å². The summed E-state index contributed by atoms with van der Waals surface area (Å²) in [4.78, 5) is 13.4. The predicted octanol–water partition coefficient (Wildman–Crippen LogP) is 2.98. The van der Waals surface area contributed by atoms with Crippen LogP contribution in [0, 0.1) is 0 Å². The Kier molecular flexibility index (Phi) is 3.97. The van der Waals surface area contributed by atoms with E-state index in [9.17, 15) is 35.4 Å². The molecule has 2 aromatic carbocycles. The highest BCUT2D eigenvalue weighted by molar-refractivity contribution is 5.95. The van der Waals surface area contributed by atoms with Crippen molar-refractivity contribution < 1.29 is 39.8 Å². The summed E-state index contributed by atoms with van der Waals surface area (Å²) in [5, 5.41) is 61.6. The third-order valence-electron chi connectivity index (χ3n) is 5.96. The van der Waals surface area contributed by atoms with Crippen LogP contribution in [0.3, 0.4) is 0 Å². The van der Waals surface area contributed by atoms with Crippen LogP contribution in [0.4, 0.5) is 0 Å². The maximum Gasteiger partial charge on any atom is 0.200 e. The molecule has 1 aliphatic carbocycles. The first kappa shape index (κ1) is 20.1. The lowest BCUT2D eigenvalue weighted by molar-refractivity contribution is 0.0733. The summed E-state index contributed by atoms with van der Waals surface area (Å²) in [6.45, 7) is 2.86. The van der Waals surface area contributed by atoms with Gasteiger partial charge in [0.15, 0.2) is 22.5 Å². The summed E-state index contributed by atoms with van der Waals surface area (Å²) in [6.07, 6.45) is 1.24. The minimum absolute atomic E-state index is 0.0143. The third-order valence-corrected chi connectivity index (χ3v) is 5.96. The molecule has 1 aliphatic heterocycles. The molecule has 1 aromatic heterocycles. The second kappa shape index (κ2) is 6.33. The SMILES string of the molecule is CC(C)(O)/C(O)=C/c1c(O)cc(O)c2c(=O)c3c(oc12)-c1c(O)cc(O)c2c1[C@@H](CO2)C3. The van der Waals surface area contributed by atoms with Crippen LogP contribution in [-0.4, -0.2) is 42.8 Å². The molecular formula is C23H20O9. The summed E-state index contributed by atoms with van der Waals surface area (Å²) in [7, 11) is 0. The number of aliphatic hydroxyl groups is 2. The maximum absolute atomic E-state index is 13.4. The monoisotopic (exact) mass is 440 g/mol. The standard InChI is InChI=1S/C23H20O9/c1-23(2,30)15(28)4-9-11(24)5-13(26)18-19(29)10-3-8-7-31-22-14(27)6-12(25)17(16(8)22)21(10)32-20(9)18/h4-6,8,24-28,30H,3,7H2,1-2H3/b15-4-/t8-/m1/s1. The lowest BCUT2D eigenvalue weighted by Gasteiger charge is -2.23. The molecule has 0 amide bonds. The van der Waals surface area contributed by atoms with Gasteiger partial charge in [-0.25, -0.2) is 0 Å². The van der Waals surface area contributed by atoms with Crippen LogP contribution < -0.4 is 10.2 Å². The Balaban J connectivity index is 1.91. The van der Waals surface area contributed by atoms with Gasteiger partial charge >= 0.3 is 0 Å². The number of hydrogen-bond acceptors (Lipinski definition) is 9. The molecule has 0 saturated heterocycles. The smallest absolute Gasteiger partial charge is 0.200 e. The molecule has 0 spiro atoms. The van der Waals surface area contributed by atoms with E-state index in [-0.39, 0.29) is 69.6 Å². The van der Waals surface area contributed by atoms with Crippen molar-refractivity contribution in [3.63, 3.8) is 0 Å². The lowest BCUT2D eigenvalue weighted by atomic mass is 9.81. The summed E-state index contributed by atoms with van der Waals surface area (Å²) in [6, 6.07) is 2.05. The molecule has 0 saturated carbocycles. The van der Waals surface area contributed by atoms with Crippen molar-refractivity contribution in [2.45, 2.75) is 31.8 Å². The molecule has 5 rings (SSSR count). The number of aliphatic hydroxyl groups excluding tert-OH is 1. The largest absolute Gasteiger partial charge is 0.509 e. The van der Waals surface area contributed by atoms with Gasteiger partial charge in [0.1, 0.15) is 39.8 Å². The number of fused-ring (bicyclic) bond motifs is 3. The highest BCUT2D eigenvalue weighted by atomic mass is 16.5. The Bertz CT molecular complexity index is 1410. The number of rotatable bonds is 2. The zero-order valence-electron chi connectivity index (χ0n) is 17.1. The molecule has 9 nitrogen and oxygen atoms in total. The third kappa shape index (κ3) is 2.64. The summed E-state index contributed by atoms with van der Waals surface area (Å²) < 4.78 is 11.6. The Morgan fingerprint density at radius 2 is 1.78 bits per heavy atom. The second-order valence-corrected chi connectivity index (χ2v) is 8.60. The van der Waals surface area contributed by atoms with Crippen LogP contribution in [0.15, 0.2) is 27.1 Å². The number of benzene rings is 2. The van der Waals surface area contributed by atoms with E-state index in [1.54, 1.807) is 0 Å². The van der Waals surface area contributed by atoms with Crippen LogP contribution in [0.5, 0.6) is 28.7 Å². The van der Waals surface area contributed by atoms with E-state index in [1.165, 1.54) is 13.8 Å². The van der Waals surface area contributed by atoms with Gasteiger partial charge in [-0.15, -0.1) is 0 Å². The Morgan fingerprint density at radius 1 is 1.09 bits per heavy atom. The van der Waals surface area contributed by atoms with Crippen molar-refractivity contribution in [2.24, 2.45) is 0 Å². The molecule has 0 unspecified atom stereocenters. The van der Waals surface area contributed by atoms with Crippen molar-refractivity contribution in [2.75, 3.05) is 6.61 Å². The quantitative estimate of drug-likeness (QED) is 0.329. The van der Waals surface area contributed by atoms with Gasteiger partial charge in [-0.05, 0) is 26.3 Å². The fraction of sp³-hybridized carbons (Fsp3) is 0.261. The molecule has 1 atom stereocenters. The van der Waals surface area contributed by atoms with Crippen molar-refractivity contribution in [3.05, 3.63) is 44.8 Å². The fourth-order valence-electron chi connectivity index (χ4n) is 4.34. The normalized spacial score (nSPS) is 17.2. The van der Waals surface area contributed by atoms with Gasteiger partial charge in [-0.2, -0.15) is 0 Å². The van der Waals surface area contributed by atoms with Crippen molar-refractivity contribution >= 4 is 17.0 Å². The molecule has 0 radical (unpaired) electrons. The van der Waals surface area contributed by atoms with Crippen molar-refractivity contribution in [1.29, 1.82) is 0 Å². The van der Waals surface area contributed by atoms with E-state index < -0.39 is 28.3 Å². The van der Waals surface area contributed by atoms with Crippen molar-refractivity contribution in [3.8, 4) is 40.1 Å². The number of phenols is 4. The van der Waals surface area contributed by atoms with Crippen LogP contribution in [0.1, 0.15) is 36.5 Å². The lowest BCUT2D eigenvalue weighted by Crippen LogP contribution is -2.21. The van der Waals surface area contributed by atoms with Gasteiger partial charge in [-0.3, -0.25) is 4.79 Å². The van der Waals surface area contributed by atoms with Gasteiger partial charge < -0.3 is 39.8 Å². The molecule has 2 aliphatic rings. The van der Waals surface area contributed by atoms with Gasteiger partial charge in [0, 0.05) is 29.2 Å². The highest BCUT2D eigenvalue weighted by Gasteiger charge is 2.40. The average Bonchev–Trinajstić information content (AvgIpc) is 3.12. The Morgan fingerprint density at radius 3 is 2.47 bits per heavy atom. The topological polar surface area (TPSA) is 161 Å². The summed E-state index contributed by atoms with van der Waals surface area (Å²) >= 11 is 0. The predicted molar refractivity (Wildman–Crippen MR) is 113 cm³/mol. The Labute approximate surface area is 180 Å². The molecule has 3 aromatic rings. The van der Waals surface area contributed by atoms with Crippen LogP contribution in [-0.2, 0) is 6.42 Å². The Hall–Kier alpha value is -3.85. The molecule has 32 heavy (non-hydrogen) atoms.